The number of methoxy groups -OCH3 is 1. The number of rotatable bonds is 5. The summed E-state index contributed by atoms with van der Waals surface area (Å²) in [6.45, 7) is 2.77. The smallest absolute Gasteiger partial charge is 0.195 e. The van der Waals surface area contributed by atoms with Crippen LogP contribution < -0.4 is 10.1 Å². The first-order valence-electron chi connectivity index (χ1n) is 7.05. The van der Waals surface area contributed by atoms with Gasteiger partial charge in [0.1, 0.15) is 11.3 Å². The highest BCUT2D eigenvalue weighted by molar-refractivity contribution is 5.77. The van der Waals surface area contributed by atoms with Crippen LogP contribution in [-0.2, 0) is 13.0 Å². The molecule has 4 heteroatoms. The molecule has 0 unspecified atom stereocenters. The minimum Gasteiger partial charge on any atom is -0.497 e. The lowest BCUT2D eigenvalue weighted by Crippen LogP contribution is -1.99. The summed E-state index contributed by atoms with van der Waals surface area (Å²) in [6.07, 6.45) is 0.807. The van der Waals surface area contributed by atoms with Crippen LogP contribution in [0.4, 0.5) is 5.69 Å². The lowest BCUT2D eigenvalue weighted by atomic mass is 10.2. The predicted octanol–water partition coefficient (Wildman–Crippen LogP) is 4.01. The first-order valence-corrected chi connectivity index (χ1v) is 7.05. The van der Waals surface area contributed by atoms with Crippen LogP contribution in [0, 0.1) is 0 Å². The van der Waals surface area contributed by atoms with E-state index in [1.807, 2.05) is 43.3 Å². The summed E-state index contributed by atoms with van der Waals surface area (Å²) < 4.78 is 10.8. The molecule has 0 amide bonds. The van der Waals surface area contributed by atoms with Crippen molar-refractivity contribution in [2.75, 3.05) is 12.4 Å². The Labute approximate surface area is 123 Å². The standard InChI is InChI=1S/C17H18N2O2/c1-3-17-19-15-10-13(7-8-16(15)21-17)18-11-12-5-4-6-14(9-12)20-2/h4-10,18H,3,11H2,1-2H3. The number of aryl methyl sites for hydroxylation is 1. The molecule has 21 heavy (non-hydrogen) atoms. The predicted molar refractivity (Wildman–Crippen MR) is 83.7 cm³/mol. The van der Waals surface area contributed by atoms with Crippen LogP contribution in [-0.4, -0.2) is 12.1 Å². The van der Waals surface area contributed by atoms with E-state index in [0.717, 1.165) is 41.4 Å². The highest BCUT2D eigenvalue weighted by atomic mass is 16.5. The molecule has 0 aliphatic carbocycles. The van der Waals surface area contributed by atoms with Gasteiger partial charge in [-0.05, 0) is 35.9 Å². The summed E-state index contributed by atoms with van der Waals surface area (Å²) in [6, 6.07) is 14.0. The van der Waals surface area contributed by atoms with E-state index in [4.69, 9.17) is 9.15 Å². The first kappa shape index (κ1) is 13.5. The molecule has 1 heterocycles. The number of ether oxygens (including phenoxy) is 1. The molecule has 0 saturated heterocycles. The van der Waals surface area contributed by atoms with E-state index < -0.39 is 0 Å². The van der Waals surface area contributed by atoms with Gasteiger partial charge in [0.2, 0.25) is 0 Å². The summed E-state index contributed by atoms with van der Waals surface area (Å²) in [5, 5.41) is 3.39. The van der Waals surface area contributed by atoms with Crippen molar-refractivity contribution in [1.82, 2.24) is 4.98 Å². The molecule has 0 bridgehead atoms. The Morgan fingerprint density at radius 2 is 2.10 bits per heavy atom. The third kappa shape index (κ3) is 2.99. The molecule has 0 atom stereocenters. The van der Waals surface area contributed by atoms with Crippen molar-refractivity contribution in [3.8, 4) is 5.75 Å². The molecule has 0 spiro atoms. The van der Waals surface area contributed by atoms with Gasteiger partial charge in [-0.3, -0.25) is 0 Å². The molecule has 0 saturated carbocycles. The third-order valence-electron chi connectivity index (χ3n) is 3.37. The van der Waals surface area contributed by atoms with Gasteiger partial charge in [0.25, 0.3) is 0 Å². The summed E-state index contributed by atoms with van der Waals surface area (Å²) in [4.78, 5) is 4.45. The molecule has 4 nitrogen and oxygen atoms in total. The molecule has 3 rings (SSSR count). The SMILES string of the molecule is CCc1nc2cc(NCc3cccc(OC)c3)ccc2o1. The zero-order valence-corrected chi connectivity index (χ0v) is 12.2. The summed E-state index contributed by atoms with van der Waals surface area (Å²) in [5.41, 5.74) is 3.92. The minimum atomic E-state index is 0.737. The molecule has 0 aliphatic heterocycles. The lowest BCUT2D eigenvalue weighted by molar-refractivity contribution is 0.414. The number of benzene rings is 2. The van der Waals surface area contributed by atoms with Gasteiger partial charge in [0, 0.05) is 18.7 Å². The monoisotopic (exact) mass is 282 g/mol. The van der Waals surface area contributed by atoms with Gasteiger partial charge >= 0.3 is 0 Å². The van der Waals surface area contributed by atoms with E-state index in [2.05, 4.69) is 16.4 Å². The van der Waals surface area contributed by atoms with Crippen LogP contribution in [0.5, 0.6) is 5.75 Å². The maximum absolute atomic E-state index is 5.61. The molecule has 2 aromatic carbocycles. The molecule has 1 aromatic heterocycles. The highest BCUT2D eigenvalue weighted by Crippen LogP contribution is 2.21. The van der Waals surface area contributed by atoms with Crippen molar-refractivity contribution < 1.29 is 9.15 Å². The van der Waals surface area contributed by atoms with Crippen molar-refractivity contribution in [2.45, 2.75) is 19.9 Å². The maximum atomic E-state index is 5.61. The van der Waals surface area contributed by atoms with Gasteiger partial charge < -0.3 is 14.5 Å². The van der Waals surface area contributed by atoms with Crippen molar-refractivity contribution in [1.29, 1.82) is 0 Å². The Kier molecular flexibility index (Phi) is 3.77. The van der Waals surface area contributed by atoms with Crippen LogP contribution in [0.15, 0.2) is 46.9 Å². The van der Waals surface area contributed by atoms with Gasteiger partial charge in [0.15, 0.2) is 11.5 Å². The Morgan fingerprint density at radius 1 is 1.19 bits per heavy atom. The van der Waals surface area contributed by atoms with Crippen LogP contribution in [0.3, 0.4) is 0 Å². The van der Waals surface area contributed by atoms with Crippen molar-refractivity contribution in [3.63, 3.8) is 0 Å². The van der Waals surface area contributed by atoms with E-state index in [1.165, 1.54) is 5.56 Å². The number of anilines is 1. The average molecular weight is 282 g/mol. The van der Waals surface area contributed by atoms with Gasteiger partial charge in [-0.1, -0.05) is 19.1 Å². The Bertz CT molecular complexity index is 749. The highest BCUT2D eigenvalue weighted by Gasteiger charge is 2.05. The van der Waals surface area contributed by atoms with Gasteiger partial charge in [-0.25, -0.2) is 4.98 Å². The van der Waals surface area contributed by atoms with E-state index in [1.54, 1.807) is 7.11 Å². The fourth-order valence-electron chi connectivity index (χ4n) is 2.22. The Morgan fingerprint density at radius 3 is 2.90 bits per heavy atom. The zero-order valence-electron chi connectivity index (χ0n) is 12.2. The first-order chi connectivity index (χ1) is 10.3. The summed E-state index contributed by atoms with van der Waals surface area (Å²) >= 11 is 0. The van der Waals surface area contributed by atoms with Gasteiger partial charge in [0.05, 0.1) is 7.11 Å². The van der Waals surface area contributed by atoms with Gasteiger partial charge in [-0.2, -0.15) is 0 Å². The number of nitrogens with one attached hydrogen (secondary N) is 1. The number of hydrogen-bond donors (Lipinski definition) is 1. The number of nitrogens with zero attached hydrogens (tertiary/aromatic N) is 1. The Hall–Kier alpha value is -2.49. The number of aromatic nitrogens is 1. The quantitative estimate of drug-likeness (QED) is 0.768. The largest absolute Gasteiger partial charge is 0.497 e. The van der Waals surface area contributed by atoms with Gasteiger partial charge in [-0.15, -0.1) is 0 Å². The molecule has 0 aliphatic rings. The van der Waals surface area contributed by atoms with E-state index in [9.17, 15) is 0 Å². The fourth-order valence-corrected chi connectivity index (χ4v) is 2.22. The maximum Gasteiger partial charge on any atom is 0.195 e. The van der Waals surface area contributed by atoms with Crippen LogP contribution >= 0.6 is 0 Å². The van der Waals surface area contributed by atoms with E-state index in [-0.39, 0.29) is 0 Å². The molecule has 3 aromatic rings. The van der Waals surface area contributed by atoms with Crippen molar-refractivity contribution in [3.05, 3.63) is 53.9 Å². The lowest BCUT2D eigenvalue weighted by Gasteiger charge is -2.07. The average Bonchev–Trinajstić information content (AvgIpc) is 2.95. The second kappa shape index (κ2) is 5.87. The van der Waals surface area contributed by atoms with Crippen molar-refractivity contribution in [2.24, 2.45) is 0 Å². The topological polar surface area (TPSA) is 47.3 Å². The molecular formula is C17H18N2O2. The normalized spacial score (nSPS) is 10.8. The number of fused-ring (bicyclic) bond motifs is 1. The van der Waals surface area contributed by atoms with E-state index in [0.29, 0.717) is 0 Å². The fraction of sp³-hybridized carbons (Fsp3) is 0.235. The number of oxazole rings is 1. The number of hydrogen-bond acceptors (Lipinski definition) is 4. The Balaban J connectivity index is 1.75. The second-order valence-electron chi connectivity index (χ2n) is 4.85. The van der Waals surface area contributed by atoms with E-state index >= 15 is 0 Å². The molecule has 1 N–H and O–H groups in total. The molecule has 0 fully saturated rings. The van der Waals surface area contributed by atoms with Crippen molar-refractivity contribution >= 4 is 16.8 Å². The van der Waals surface area contributed by atoms with Crippen LogP contribution in [0.2, 0.25) is 0 Å². The van der Waals surface area contributed by atoms with Crippen LogP contribution in [0.1, 0.15) is 18.4 Å². The summed E-state index contributed by atoms with van der Waals surface area (Å²) in [7, 11) is 1.68. The minimum absolute atomic E-state index is 0.737. The second-order valence-corrected chi connectivity index (χ2v) is 4.85. The molecule has 0 radical (unpaired) electrons. The summed E-state index contributed by atoms with van der Waals surface area (Å²) in [5.74, 6) is 1.64. The van der Waals surface area contributed by atoms with Crippen LogP contribution in [0.25, 0.3) is 11.1 Å². The molecule has 108 valence electrons. The zero-order chi connectivity index (χ0) is 14.7. The third-order valence-corrected chi connectivity index (χ3v) is 3.37. The molecular weight excluding hydrogens is 264 g/mol.